The van der Waals surface area contributed by atoms with Crippen molar-refractivity contribution >= 4 is 27.4 Å². The number of aromatic nitrogens is 1. The molecule has 0 amide bonds. The van der Waals surface area contributed by atoms with E-state index in [9.17, 15) is 0 Å². The standard InChI is InChI=1S/C11H16BrN3O/c1-7-9(13)5-14-11(10(7)12)15(2)8-3-4-16-6-8/h5,8H,3-4,6,13H2,1-2H3. The maximum Gasteiger partial charge on any atom is 0.143 e. The van der Waals surface area contributed by atoms with Crippen LogP contribution in [0.25, 0.3) is 0 Å². The highest BCUT2D eigenvalue weighted by Crippen LogP contribution is 2.31. The molecule has 16 heavy (non-hydrogen) atoms. The first-order valence-electron chi connectivity index (χ1n) is 5.32. The molecule has 88 valence electrons. The molecule has 1 fully saturated rings. The quantitative estimate of drug-likeness (QED) is 0.903. The fourth-order valence-electron chi connectivity index (χ4n) is 1.82. The fraction of sp³-hybridized carbons (Fsp3) is 0.545. The number of nitrogen functional groups attached to an aromatic ring is 1. The summed E-state index contributed by atoms with van der Waals surface area (Å²) in [5.74, 6) is 0.933. The lowest BCUT2D eigenvalue weighted by molar-refractivity contribution is 0.193. The number of hydrogen-bond acceptors (Lipinski definition) is 4. The summed E-state index contributed by atoms with van der Waals surface area (Å²) in [6, 6.07) is 0.409. The van der Waals surface area contributed by atoms with Gasteiger partial charge in [0.05, 0.1) is 29.0 Å². The second-order valence-electron chi connectivity index (χ2n) is 4.10. The molecule has 1 aliphatic heterocycles. The lowest BCUT2D eigenvalue weighted by Gasteiger charge is -2.26. The summed E-state index contributed by atoms with van der Waals surface area (Å²) in [5.41, 5.74) is 7.56. The number of hydrogen-bond donors (Lipinski definition) is 1. The Labute approximate surface area is 104 Å². The number of likely N-dealkylation sites (N-methyl/N-ethyl adjacent to an activating group) is 1. The molecule has 0 saturated carbocycles. The van der Waals surface area contributed by atoms with Crippen molar-refractivity contribution in [2.75, 3.05) is 30.9 Å². The fourth-order valence-corrected chi connectivity index (χ4v) is 2.44. The van der Waals surface area contributed by atoms with Crippen molar-refractivity contribution in [2.45, 2.75) is 19.4 Å². The molecule has 0 spiro atoms. The second-order valence-corrected chi connectivity index (χ2v) is 4.90. The molecule has 0 radical (unpaired) electrons. The lowest BCUT2D eigenvalue weighted by Crippen LogP contribution is -2.32. The molecule has 1 aromatic rings. The van der Waals surface area contributed by atoms with Gasteiger partial charge in [0, 0.05) is 13.7 Å². The van der Waals surface area contributed by atoms with Crippen LogP contribution in [0.15, 0.2) is 10.7 Å². The molecule has 1 saturated heterocycles. The van der Waals surface area contributed by atoms with Crippen LogP contribution in [-0.4, -0.2) is 31.3 Å². The van der Waals surface area contributed by atoms with Crippen LogP contribution in [0.5, 0.6) is 0 Å². The molecule has 1 aliphatic rings. The van der Waals surface area contributed by atoms with E-state index in [0.29, 0.717) is 11.7 Å². The molecule has 0 aromatic carbocycles. The first-order chi connectivity index (χ1) is 7.61. The van der Waals surface area contributed by atoms with Gasteiger partial charge >= 0.3 is 0 Å². The Balaban J connectivity index is 2.29. The Kier molecular flexibility index (Phi) is 3.35. The number of pyridine rings is 1. The van der Waals surface area contributed by atoms with Crippen molar-refractivity contribution in [3.05, 3.63) is 16.2 Å². The largest absolute Gasteiger partial charge is 0.397 e. The molecule has 1 aromatic heterocycles. The topological polar surface area (TPSA) is 51.4 Å². The third-order valence-corrected chi connectivity index (χ3v) is 4.02. The minimum absolute atomic E-state index is 0.409. The van der Waals surface area contributed by atoms with Gasteiger partial charge in [-0.05, 0) is 34.8 Å². The summed E-state index contributed by atoms with van der Waals surface area (Å²) in [6.07, 6.45) is 2.76. The van der Waals surface area contributed by atoms with Gasteiger partial charge in [-0.25, -0.2) is 4.98 Å². The third kappa shape index (κ3) is 2.01. The predicted molar refractivity (Wildman–Crippen MR) is 68.7 cm³/mol. The van der Waals surface area contributed by atoms with Crippen LogP contribution in [0.3, 0.4) is 0 Å². The van der Waals surface area contributed by atoms with Gasteiger partial charge < -0.3 is 15.4 Å². The normalized spacial score (nSPS) is 20.1. The van der Waals surface area contributed by atoms with Crippen LogP contribution >= 0.6 is 15.9 Å². The van der Waals surface area contributed by atoms with Crippen molar-refractivity contribution in [3.63, 3.8) is 0 Å². The summed E-state index contributed by atoms with van der Waals surface area (Å²) in [7, 11) is 2.04. The van der Waals surface area contributed by atoms with Gasteiger partial charge in [0.1, 0.15) is 5.82 Å². The zero-order valence-corrected chi connectivity index (χ0v) is 11.1. The summed E-state index contributed by atoms with van der Waals surface area (Å²) in [5, 5.41) is 0. The maximum atomic E-state index is 5.81. The van der Waals surface area contributed by atoms with Crippen LogP contribution in [-0.2, 0) is 4.74 Å². The van der Waals surface area contributed by atoms with Crippen LogP contribution < -0.4 is 10.6 Å². The second kappa shape index (κ2) is 4.59. The highest BCUT2D eigenvalue weighted by Gasteiger charge is 2.23. The summed E-state index contributed by atoms with van der Waals surface area (Å²) in [4.78, 5) is 6.54. The van der Waals surface area contributed by atoms with E-state index in [1.54, 1.807) is 6.20 Å². The van der Waals surface area contributed by atoms with Gasteiger partial charge in [0.15, 0.2) is 0 Å². The SMILES string of the molecule is Cc1c(N)cnc(N(C)C2CCOC2)c1Br. The van der Waals surface area contributed by atoms with E-state index in [-0.39, 0.29) is 0 Å². The van der Waals surface area contributed by atoms with Crippen molar-refractivity contribution in [3.8, 4) is 0 Å². The summed E-state index contributed by atoms with van der Waals surface area (Å²) in [6.45, 7) is 3.60. The van der Waals surface area contributed by atoms with Crippen molar-refractivity contribution < 1.29 is 4.74 Å². The van der Waals surface area contributed by atoms with Gasteiger partial charge in [-0.3, -0.25) is 0 Å². The first-order valence-corrected chi connectivity index (χ1v) is 6.11. The van der Waals surface area contributed by atoms with Crippen molar-refractivity contribution in [2.24, 2.45) is 0 Å². The molecule has 1 atom stereocenters. The monoisotopic (exact) mass is 285 g/mol. The average Bonchev–Trinajstić information content (AvgIpc) is 2.79. The van der Waals surface area contributed by atoms with Gasteiger partial charge in [-0.1, -0.05) is 0 Å². The highest BCUT2D eigenvalue weighted by atomic mass is 79.9. The van der Waals surface area contributed by atoms with Crippen LogP contribution in [0.2, 0.25) is 0 Å². The Morgan fingerprint density at radius 2 is 2.38 bits per heavy atom. The van der Waals surface area contributed by atoms with E-state index in [1.807, 2.05) is 14.0 Å². The number of nitrogens with two attached hydrogens (primary N) is 1. The Morgan fingerprint density at radius 1 is 1.62 bits per heavy atom. The predicted octanol–water partition coefficient (Wildman–Crippen LogP) is 1.96. The molecule has 0 aliphatic carbocycles. The number of ether oxygens (including phenoxy) is 1. The smallest absolute Gasteiger partial charge is 0.143 e. The van der Waals surface area contributed by atoms with E-state index < -0.39 is 0 Å². The molecule has 0 bridgehead atoms. The summed E-state index contributed by atoms with van der Waals surface area (Å²) >= 11 is 3.55. The van der Waals surface area contributed by atoms with E-state index >= 15 is 0 Å². The van der Waals surface area contributed by atoms with Crippen LogP contribution in [0.1, 0.15) is 12.0 Å². The zero-order valence-electron chi connectivity index (χ0n) is 9.53. The van der Waals surface area contributed by atoms with Gasteiger partial charge in [0.25, 0.3) is 0 Å². The zero-order chi connectivity index (χ0) is 11.7. The summed E-state index contributed by atoms with van der Waals surface area (Å²) < 4.78 is 6.36. The van der Waals surface area contributed by atoms with E-state index in [1.165, 1.54) is 0 Å². The van der Waals surface area contributed by atoms with E-state index in [0.717, 1.165) is 35.5 Å². The number of rotatable bonds is 2. The van der Waals surface area contributed by atoms with E-state index in [4.69, 9.17) is 10.5 Å². The lowest BCUT2D eigenvalue weighted by atomic mass is 10.2. The van der Waals surface area contributed by atoms with Crippen molar-refractivity contribution in [1.82, 2.24) is 4.98 Å². The van der Waals surface area contributed by atoms with Crippen LogP contribution in [0, 0.1) is 6.92 Å². The molecule has 1 unspecified atom stereocenters. The highest BCUT2D eigenvalue weighted by molar-refractivity contribution is 9.10. The molecular weight excluding hydrogens is 270 g/mol. The Bertz CT molecular complexity index is 391. The van der Waals surface area contributed by atoms with Crippen LogP contribution in [0.4, 0.5) is 11.5 Å². The molecule has 2 heterocycles. The third-order valence-electron chi connectivity index (χ3n) is 3.07. The minimum Gasteiger partial charge on any atom is -0.397 e. The average molecular weight is 286 g/mol. The van der Waals surface area contributed by atoms with Gasteiger partial charge in [-0.15, -0.1) is 0 Å². The Morgan fingerprint density at radius 3 is 3.00 bits per heavy atom. The minimum atomic E-state index is 0.409. The number of halogens is 1. The molecular formula is C11H16BrN3O. The van der Waals surface area contributed by atoms with Crippen molar-refractivity contribution in [1.29, 1.82) is 0 Å². The Hall–Kier alpha value is -0.810. The van der Waals surface area contributed by atoms with E-state index in [2.05, 4.69) is 25.8 Å². The maximum absolute atomic E-state index is 5.81. The molecule has 4 nitrogen and oxygen atoms in total. The van der Waals surface area contributed by atoms with Gasteiger partial charge in [-0.2, -0.15) is 0 Å². The molecule has 2 N–H and O–H groups in total. The first kappa shape index (κ1) is 11.7. The molecule has 5 heteroatoms. The van der Waals surface area contributed by atoms with Gasteiger partial charge in [0.2, 0.25) is 0 Å². The molecule has 2 rings (SSSR count). The number of anilines is 2. The number of nitrogens with zero attached hydrogens (tertiary/aromatic N) is 2.